The Morgan fingerprint density at radius 2 is 1.10 bits per heavy atom. The van der Waals surface area contributed by atoms with E-state index in [1.807, 2.05) is 12.1 Å². The van der Waals surface area contributed by atoms with E-state index in [-0.39, 0.29) is 5.41 Å². The Bertz CT molecular complexity index is 2100. The summed E-state index contributed by atoms with van der Waals surface area (Å²) in [6.45, 7) is 4.68. The van der Waals surface area contributed by atoms with Crippen molar-refractivity contribution in [3.63, 3.8) is 0 Å². The Balaban J connectivity index is 1.16. The Kier molecular flexibility index (Phi) is 5.52. The fourth-order valence-corrected chi connectivity index (χ4v) is 6.65. The lowest BCUT2D eigenvalue weighted by Crippen LogP contribution is -2.14. The number of hydrogen-bond donors (Lipinski definition) is 0. The van der Waals surface area contributed by atoms with E-state index in [0.29, 0.717) is 0 Å². The number of rotatable bonds is 4. The minimum atomic E-state index is -0.00123. The summed E-state index contributed by atoms with van der Waals surface area (Å²) in [5.74, 6) is 0. The summed E-state index contributed by atoms with van der Waals surface area (Å²) in [7, 11) is 0. The highest BCUT2D eigenvalue weighted by molar-refractivity contribution is 5.86. The van der Waals surface area contributed by atoms with Crippen molar-refractivity contribution in [2.45, 2.75) is 19.3 Å². The Labute approximate surface area is 246 Å². The first-order valence-electron chi connectivity index (χ1n) is 14.6. The van der Waals surface area contributed by atoms with E-state index in [1.54, 1.807) is 0 Å². The summed E-state index contributed by atoms with van der Waals surface area (Å²) in [5.41, 5.74) is 15.7. The van der Waals surface area contributed by atoms with E-state index < -0.39 is 0 Å². The van der Waals surface area contributed by atoms with Crippen molar-refractivity contribution in [3.05, 3.63) is 157 Å². The SMILES string of the molecule is CC1(C)c2ccccc2-c2ccc(-c3ccc(-c4cccc(-c5c(-c6ccccc6)nc6ccccn56)c4)cc3)cc21. The molecule has 0 bridgehead atoms. The number of hydrogen-bond acceptors (Lipinski definition) is 1. The van der Waals surface area contributed by atoms with E-state index in [4.69, 9.17) is 4.98 Å². The van der Waals surface area contributed by atoms with Crippen LogP contribution in [0.4, 0.5) is 0 Å². The van der Waals surface area contributed by atoms with Crippen LogP contribution in [0.3, 0.4) is 0 Å². The van der Waals surface area contributed by atoms with Gasteiger partial charge in [0.1, 0.15) is 5.65 Å². The molecule has 0 unspecified atom stereocenters. The van der Waals surface area contributed by atoms with E-state index in [9.17, 15) is 0 Å². The van der Waals surface area contributed by atoms with Crippen molar-refractivity contribution in [3.8, 4) is 55.9 Å². The summed E-state index contributed by atoms with van der Waals surface area (Å²) in [4.78, 5) is 5.02. The van der Waals surface area contributed by atoms with Crippen LogP contribution in [0.1, 0.15) is 25.0 Å². The highest BCUT2D eigenvalue weighted by atomic mass is 15.0. The first-order chi connectivity index (χ1) is 20.6. The zero-order valence-corrected chi connectivity index (χ0v) is 23.8. The molecule has 0 radical (unpaired) electrons. The molecule has 0 fully saturated rings. The third-order valence-electron chi connectivity index (χ3n) is 8.85. The predicted octanol–water partition coefficient (Wildman–Crippen LogP) is 10.3. The number of pyridine rings is 1. The highest BCUT2D eigenvalue weighted by Gasteiger charge is 2.35. The molecule has 5 aromatic carbocycles. The van der Waals surface area contributed by atoms with Crippen molar-refractivity contribution in [2.75, 3.05) is 0 Å². The molecule has 7 aromatic rings. The molecule has 2 nitrogen and oxygen atoms in total. The number of fused-ring (bicyclic) bond motifs is 4. The monoisotopic (exact) mass is 538 g/mol. The second kappa shape index (κ2) is 9.43. The average molecular weight is 539 g/mol. The third-order valence-corrected chi connectivity index (χ3v) is 8.85. The molecule has 0 aliphatic heterocycles. The molecule has 0 saturated carbocycles. The largest absolute Gasteiger partial charge is 0.299 e. The molecular formula is C40H30N2. The lowest BCUT2D eigenvalue weighted by molar-refractivity contribution is 0.660. The van der Waals surface area contributed by atoms with Gasteiger partial charge < -0.3 is 0 Å². The van der Waals surface area contributed by atoms with Crippen LogP contribution in [0, 0.1) is 0 Å². The first-order valence-corrected chi connectivity index (χ1v) is 14.6. The predicted molar refractivity (Wildman–Crippen MR) is 174 cm³/mol. The highest BCUT2D eigenvalue weighted by Crippen LogP contribution is 2.49. The molecule has 2 aromatic heterocycles. The molecule has 0 N–H and O–H groups in total. The van der Waals surface area contributed by atoms with E-state index >= 15 is 0 Å². The van der Waals surface area contributed by atoms with Gasteiger partial charge in [-0.1, -0.05) is 129 Å². The molecular weight excluding hydrogens is 508 g/mol. The fourth-order valence-electron chi connectivity index (χ4n) is 6.65. The van der Waals surface area contributed by atoms with Crippen LogP contribution in [-0.2, 0) is 5.41 Å². The molecule has 200 valence electrons. The molecule has 1 aliphatic carbocycles. The number of nitrogens with zero attached hydrogens (tertiary/aromatic N) is 2. The molecule has 2 heterocycles. The molecule has 0 spiro atoms. The van der Waals surface area contributed by atoms with Gasteiger partial charge in [0.25, 0.3) is 0 Å². The van der Waals surface area contributed by atoms with Gasteiger partial charge in [-0.25, -0.2) is 4.98 Å². The fraction of sp³-hybridized carbons (Fsp3) is 0.0750. The lowest BCUT2D eigenvalue weighted by atomic mass is 9.81. The van der Waals surface area contributed by atoms with Crippen LogP contribution in [0.2, 0.25) is 0 Å². The van der Waals surface area contributed by atoms with Crippen LogP contribution in [0.25, 0.3) is 61.5 Å². The van der Waals surface area contributed by atoms with Crippen LogP contribution in [0.5, 0.6) is 0 Å². The maximum absolute atomic E-state index is 5.02. The second-order valence-electron chi connectivity index (χ2n) is 11.7. The smallest absolute Gasteiger partial charge is 0.137 e. The van der Waals surface area contributed by atoms with Crippen LogP contribution in [0.15, 0.2) is 146 Å². The van der Waals surface area contributed by atoms with Crippen LogP contribution < -0.4 is 0 Å². The number of aromatic nitrogens is 2. The van der Waals surface area contributed by atoms with Gasteiger partial charge in [-0.3, -0.25) is 4.40 Å². The minimum Gasteiger partial charge on any atom is -0.299 e. The van der Waals surface area contributed by atoms with Crippen molar-refractivity contribution >= 4 is 5.65 Å². The van der Waals surface area contributed by atoms with E-state index in [0.717, 1.165) is 28.2 Å². The van der Waals surface area contributed by atoms with Gasteiger partial charge in [0.05, 0.1) is 11.4 Å². The van der Waals surface area contributed by atoms with Crippen molar-refractivity contribution in [1.29, 1.82) is 0 Å². The zero-order valence-electron chi connectivity index (χ0n) is 23.8. The summed E-state index contributed by atoms with van der Waals surface area (Å²) >= 11 is 0. The first kappa shape index (κ1) is 24.6. The Morgan fingerprint density at radius 3 is 1.90 bits per heavy atom. The minimum absolute atomic E-state index is 0.00123. The maximum atomic E-state index is 5.02. The molecule has 0 amide bonds. The normalized spacial score (nSPS) is 13.2. The Hall–Kier alpha value is -5.21. The van der Waals surface area contributed by atoms with Gasteiger partial charge >= 0.3 is 0 Å². The lowest BCUT2D eigenvalue weighted by Gasteiger charge is -2.22. The van der Waals surface area contributed by atoms with Gasteiger partial charge in [-0.2, -0.15) is 0 Å². The Morgan fingerprint density at radius 1 is 0.476 bits per heavy atom. The van der Waals surface area contributed by atoms with Crippen molar-refractivity contribution in [1.82, 2.24) is 9.38 Å². The number of benzene rings is 5. The van der Waals surface area contributed by atoms with Gasteiger partial charge in [-0.15, -0.1) is 0 Å². The molecule has 42 heavy (non-hydrogen) atoms. The van der Waals surface area contributed by atoms with Gasteiger partial charge in [0.15, 0.2) is 0 Å². The summed E-state index contributed by atoms with van der Waals surface area (Å²) in [6, 6.07) is 50.2. The number of imidazole rings is 1. The average Bonchev–Trinajstić information content (AvgIpc) is 3.55. The summed E-state index contributed by atoms with van der Waals surface area (Å²) in [6.07, 6.45) is 2.10. The molecule has 0 atom stereocenters. The van der Waals surface area contributed by atoms with Gasteiger partial charge in [0.2, 0.25) is 0 Å². The maximum Gasteiger partial charge on any atom is 0.137 e. The zero-order chi connectivity index (χ0) is 28.3. The van der Waals surface area contributed by atoms with Crippen LogP contribution in [-0.4, -0.2) is 9.38 Å². The van der Waals surface area contributed by atoms with E-state index in [1.165, 1.54) is 44.5 Å². The van der Waals surface area contributed by atoms with Gasteiger partial charge in [-0.05, 0) is 68.8 Å². The quantitative estimate of drug-likeness (QED) is 0.218. The molecule has 1 aliphatic rings. The third kappa shape index (κ3) is 3.83. The van der Waals surface area contributed by atoms with Crippen LogP contribution >= 0.6 is 0 Å². The molecule has 2 heteroatoms. The van der Waals surface area contributed by atoms with E-state index in [2.05, 4.69) is 152 Å². The topological polar surface area (TPSA) is 17.3 Å². The standard InChI is InChI=1S/C40H30N2/c1-40(2)35-16-7-6-15-33(35)34-23-22-31(26-36(34)40)28-20-18-27(19-21-28)30-13-10-14-32(25-30)39-38(29-11-4-3-5-12-29)41-37-17-8-9-24-42(37)39/h3-26H,1-2H3. The molecule has 0 saturated heterocycles. The van der Waals surface area contributed by atoms with Gasteiger partial charge in [0, 0.05) is 22.7 Å². The summed E-state index contributed by atoms with van der Waals surface area (Å²) in [5, 5.41) is 0. The van der Waals surface area contributed by atoms with Crippen molar-refractivity contribution in [2.24, 2.45) is 0 Å². The second-order valence-corrected chi connectivity index (χ2v) is 11.7. The summed E-state index contributed by atoms with van der Waals surface area (Å²) < 4.78 is 2.19. The van der Waals surface area contributed by atoms with Crippen molar-refractivity contribution < 1.29 is 0 Å². The molecule has 8 rings (SSSR count).